The van der Waals surface area contributed by atoms with Crippen molar-refractivity contribution in [1.82, 2.24) is 0 Å². The number of fused-ring (bicyclic) bond motifs is 1. The van der Waals surface area contributed by atoms with E-state index in [9.17, 15) is 8.42 Å². The number of hydrogen-bond donors (Lipinski definition) is 0. The van der Waals surface area contributed by atoms with Gasteiger partial charge in [0.1, 0.15) is 9.86 Å². The van der Waals surface area contributed by atoms with Crippen LogP contribution in [0.5, 0.6) is 0 Å². The molecule has 0 saturated heterocycles. The number of amidine groups is 1. The number of halogens is 1. The molecule has 20 heavy (non-hydrogen) atoms. The van der Waals surface area contributed by atoms with Crippen molar-refractivity contribution in [2.24, 2.45) is 9.98 Å². The van der Waals surface area contributed by atoms with Crippen LogP contribution in [-0.4, -0.2) is 25.7 Å². The predicted molar refractivity (Wildman–Crippen MR) is 83.9 cm³/mol. The van der Waals surface area contributed by atoms with Gasteiger partial charge in [0.05, 0.1) is 5.75 Å². The van der Waals surface area contributed by atoms with Crippen molar-refractivity contribution in [2.45, 2.75) is 11.0 Å². The third kappa shape index (κ3) is 2.66. The van der Waals surface area contributed by atoms with Gasteiger partial charge in [-0.15, -0.1) is 0 Å². The van der Waals surface area contributed by atoms with E-state index in [-0.39, 0.29) is 5.75 Å². The second-order valence-corrected chi connectivity index (χ2v) is 7.53. The maximum atomic E-state index is 12.4. The minimum atomic E-state index is -3.32. The van der Waals surface area contributed by atoms with Gasteiger partial charge in [0, 0.05) is 11.8 Å². The summed E-state index contributed by atoms with van der Waals surface area (Å²) in [5.74, 6) is 0.564. The molecule has 2 aliphatic rings. The van der Waals surface area contributed by atoms with E-state index in [0.29, 0.717) is 10.4 Å². The molecule has 1 aromatic rings. The Balaban J connectivity index is 1.87. The first-order valence-electron chi connectivity index (χ1n) is 6.02. The van der Waals surface area contributed by atoms with Crippen LogP contribution in [0, 0.1) is 0 Å². The molecule has 102 valence electrons. The summed E-state index contributed by atoms with van der Waals surface area (Å²) in [4.78, 5) is 8.27. The van der Waals surface area contributed by atoms with Gasteiger partial charge < -0.3 is 0 Å². The van der Waals surface area contributed by atoms with E-state index < -0.39 is 15.1 Å². The van der Waals surface area contributed by atoms with E-state index in [1.54, 1.807) is 12.2 Å². The van der Waals surface area contributed by atoms with E-state index in [4.69, 9.17) is 0 Å². The van der Waals surface area contributed by atoms with E-state index in [1.807, 2.05) is 30.3 Å². The minimum Gasteiger partial charge on any atom is -0.239 e. The summed E-state index contributed by atoms with van der Waals surface area (Å²) in [6.45, 7) is 0. The Hall–Kier alpha value is -1.53. The third-order valence-electron chi connectivity index (χ3n) is 3.06. The normalized spacial score (nSPS) is 21.1. The number of rotatable bonds is 3. The molecule has 0 N–H and O–H groups in total. The number of aliphatic imine (C=N–C) groups is 2. The van der Waals surface area contributed by atoms with Gasteiger partial charge in [-0.25, -0.2) is 18.4 Å². The smallest absolute Gasteiger partial charge is 0.165 e. The molecule has 0 aromatic heterocycles. The maximum Gasteiger partial charge on any atom is 0.165 e. The van der Waals surface area contributed by atoms with Gasteiger partial charge in [-0.1, -0.05) is 36.4 Å². The molecule has 0 radical (unpaired) electrons. The van der Waals surface area contributed by atoms with Crippen LogP contribution in [0.2, 0.25) is 0 Å². The highest BCUT2D eigenvalue weighted by molar-refractivity contribution is 9.11. The highest BCUT2D eigenvalue weighted by Gasteiger charge is 2.27. The lowest BCUT2D eigenvalue weighted by molar-refractivity contribution is 0.595. The predicted octanol–water partition coefficient (Wildman–Crippen LogP) is 2.63. The Morgan fingerprint density at radius 3 is 2.70 bits per heavy atom. The monoisotopic (exact) mass is 350 g/mol. The molecule has 1 aromatic carbocycles. The fourth-order valence-corrected chi connectivity index (χ4v) is 3.94. The van der Waals surface area contributed by atoms with E-state index in [1.165, 1.54) is 6.21 Å². The zero-order valence-electron chi connectivity index (χ0n) is 10.4. The van der Waals surface area contributed by atoms with Crippen molar-refractivity contribution in [3.05, 3.63) is 58.2 Å². The number of nitrogens with zero attached hydrogens (tertiary/aromatic N) is 2. The summed E-state index contributed by atoms with van der Waals surface area (Å²) >= 11 is 3.26. The largest absolute Gasteiger partial charge is 0.239 e. The molecule has 2 heterocycles. The molecular weight excluding hydrogens is 340 g/mol. The average Bonchev–Trinajstić information content (AvgIpc) is 2.78. The van der Waals surface area contributed by atoms with E-state index in [2.05, 4.69) is 25.9 Å². The Morgan fingerprint density at radius 1 is 1.20 bits per heavy atom. The third-order valence-corrected chi connectivity index (χ3v) is 5.29. The van der Waals surface area contributed by atoms with Gasteiger partial charge in [0.25, 0.3) is 0 Å². The first-order chi connectivity index (χ1) is 9.54. The SMILES string of the molecule is O=S(=O)(Cc1ccccc1)C1C=NC2=NC(Br)=CC2=C1. The zero-order valence-corrected chi connectivity index (χ0v) is 12.8. The summed E-state index contributed by atoms with van der Waals surface area (Å²) in [5.41, 5.74) is 1.53. The van der Waals surface area contributed by atoms with Crippen molar-refractivity contribution in [2.75, 3.05) is 0 Å². The van der Waals surface area contributed by atoms with Crippen LogP contribution in [0.4, 0.5) is 0 Å². The summed E-state index contributed by atoms with van der Waals surface area (Å²) in [6.07, 6.45) is 4.91. The molecule has 2 aliphatic heterocycles. The average molecular weight is 351 g/mol. The van der Waals surface area contributed by atoms with Crippen LogP contribution in [0.3, 0.4) is 0 Å². The first-order valence-corrected chi connectivity index (χ1v) is 8.53. The highest BCUT2D eigenvalue weighted by Crippen LogP contribution is 2.25. The molecule has 3 rings (SSSR count). The fourth-order valence-electron chi connectivity index (χ4n) is 2.08. The molecule has 0 aliphatic carbocycles. The van der Waals surface area contributed by atoms with Crippen molar-refractivity contribution in [1.29, 1.82) is 0 Å². The molecule has 4 nitrogen and oxygen atoms in total. The Labute approximate surface area is 125 Å². The molecule has 0 bridgehead atoms. The van der Waals surface area contributed by atoms with Gasteiger partial charge in [-0.2, -0.15) is 0 Å². The lowest BCUT2D eigenvalue weighted by Crippen LogP contribution is -2.26. The zero-order chi connectivity index (χ0) is 14.2. The van der Waals surface area contributed by atoms with Gasteiger partial charge in [0.2, 0.25) is 0 Å². The lowest BCUT2D eigenvalue weighted by atomic mass is 10.2. The van der Waals surface area contributed by atoms with Crippen molar-refractivity contribution in [3.8, 4) is 0 Å². The topological polar surface area (TPSA) is 58.9 Å². The van der Waals surface area contributed by atoms with Crippen LogP contribution in [0.1, 0.15) is 5.56 Å². The van der Waals surface area contributed by atoms with Crippen LogP contribution < -0.4 is 0 Å². The Morgan fingerprint density at radius 2 is 1.95 bits per heavy atom. The van der Waals surface area contributed by atoms with Gasteiger partial charge in [0.15, 0.2) is 15.7 Å². The van der Waals surface area contributed by atoms with Crippen LogP contribution in [0.25, 0.3) is 0 Å². The molecule has 0 fully saturated rings. The standard InChI is InChI=1S/C14H11BrN2O2S/c15-13-7-11-6-12(8-16-14(11)17-13)20(18,19)9-10-4-2-1-3-5-10/h1-8,12H,9H2. The summed E-state index contributed by atoms with van der Waals surface area (Å²) in [7, 11) is -3.32. The summed E-state index contributed by atoms with van der Waals surface area (Å²) in [5, 5.41) is -0.702. The van der Waals surface area contributed by atoms with Gasteiger partial charge >= 0.3 is 0 Å². The number of benzene rings is 1. The van der Waals surface area contributed by atoms with Gasteiger partial charge in [-0.3, -0.25) is 0 Å². The lowest BCUT2D eigenvalue weighted by Gasteiger charge is -2.14. The van der Waals surface area contributed by atoms with Crippen molar-refractivity contribution in [3.63, 3.8) is 0 Å². The molecule has 0 spiro atoms. The van der Waals surface area contributed by atoms with Crippen molar-refractivity contribution >= 4 is 37.8 Å². The maximum absolute atomic E-state index is 12.4. The van der Waals surface area contributed by atoms with Crippen LogP contribution in [-0.2, 0) is 15.6 Å². The number of hydrogen-bond acceptors (Lipinski definition) is 4. The van der Waals surface area contributed by atoms with Crippen LogP contribution >= 0.6 is 15.9 Å². The Kier molecular flexibility index (Phi) is 3.43. The highest BCUT2D eigenvalue weighted by atomic mass is 79.9. The second-order valence-electron chi connectivity index (χ2n) is 4.56. The number of sulfone groups is 1. The van der Waals surface area contributed by atoms with Crippen molar-refractivity contribution < 1.29 is 8.42 Å². The summed E-state index contributed by atoms with van der Waals surface area (Å²) in [6, 6.07) is 9.15. The molecule has 6 heteroatoms. The van der Waals surface area contributed by atoms with Gasteiger partial charge in [-0.05, 0) is 27.6 Å². The first kappa shape index (κ1) is 13.5. The minimum absolute atomic E-state index is 0.00562. The molecule has 0 saturated carbocycles. The Bertz CT molecular complexity index is 762. The fraction of sp³-hybridized carbons (Fsp3) is 0.143. The van der Waals surface area contributed by atoms with Crippen LogP contribution in [0.15, 0.2) is 62.6 Å². The second kappa shape index (κ2) is 5.10. The summed E-state index contributed by atoms with van der Waals surface area (Å²) < 4.78 is 25.5. The molecule has 1 unspecified atom stereocenters. The number of dihydropyridines is 1. The molecule has 0 amide bonds. The quantitative estimate of drug-likeness (QED) is 0.786. The molecule has 1 atom stereocenters. The van der Waals surface area contributed by atoms with E-state index >= 15 is 0 Å². The van der Waals surface area contributed by atoms with E-state index in [0.717, 1.165) is 11.1 Å². The molecular formula is C14H11BrN2O2S.